The summed E-state index contributed by atoms with van der Waals surface area (Å²) < 4.78 is 5.12. The maximum atomic E-state index is 12.0. The highest BCUT2D eigenvalue weighted by Crippen LogP contribution is 2.24. The largest absolute Gasteiger partial charge is 0.497 e. The predicted molar refractivity (Wildman–Crippen MR) is 84.4 cm³/mol. The number of ether oxygens (including phenoxy) is 1. The second-order valence-corrected chi connectivity index (χ2v) is 6.50. The van der Waals surface area contributed by atoms with Crippen molar-refractivity contribution < 1.29 is 9.53 Å². The van der Waals surface area contributed by atoms with E-state index in [1.54, 1.807) is 7.11 Å². The van der Waals surface area contributed by atoms with Crippen LogP contribution in [0.4, 0.5) is 0 Å². The average molecular weight is 340 g/mol. The standard InChI is InChI=1S/C16H22BrNO2/c1-20-13-9-6-12(7-10-13)8-11-16(19)18-15-5-3-2-4-14(15)17/h6-7,9-10,14-15H,2-5,8,11H2,1H3,(H,18,19). The minimum absolute atomic E-state index is 0.150. The van der Waals surface area contributed by atoms with Crippen molar-refractivity contribution in [3.8, 4) is 5.75 Å². The molecule has 1 aliphatic carbocycles. The summed E-state index contributed by atoms with van der Waals surface area (Å²) >= 11 is 3.67. The van der Waals surface area contributed by atoms with Crippen LogP contribution in [0.3, 0.4) is 0 Å². The van der Waals surface area contributed by atoms with Gasteiger partial charge in [-0.05, 0) is 37.0 Å². The van der Waals surface area contributed by atoms with Crippen LogP contribution in [0.25, 0.3) is 0 Å². The summed E-state index contributed by atoms with van der Waals surface area (Å²) in [5, 5.41) is 3.15. The van der Waals surface area contributed by atoms with Crippen LogP contribution in [0.15, 0.2) is 24.3 Å². The molecule has 1 saturated carbocycles. The molecular formula is C16H22BrNO2. The maximum Gasteiger partial charge on any atom is 0.220 e. The monoisotopic (exact) mass is 339 g/mol. The molecule has 2 rings (SSSR count). The van der Waals surface area contributed by atoms with Gasteiger partial charge in [0.2, 0.25) is 5.91 Å². The van der Waals surface area contributed by atoms with Crippen molar-refractivity contribution >= 4 is 21.8 Å². The first-order chi connectivity index (χ1) is 9.69. The maximum absolute atomic E-state index is 12.0. The van der Waals surface area contributed by atoms with Gasteiger partial charge in [-0.3, -0.25) is 4.79 Å². The van der Waals surface area contributed by atoms with E-state index in [0.29, 0.717) is 17.3 Å². The molecule has 1 N–H and O–H groups in total. The van der Waals surface area contributed by atoms with Crippen LogP contribution in [0, 0.1) is 0 Å². The lowest BCUT2D eigenvalue weighted by molar-refractivity contribution is -0.121. The van der Waals surface area contributed by atoms with E-state index in [-0.39, 0.29) is 5.91 Å². The number of halogens is 1. The second kappa shape index (κ2) is 7.67. The summed E-state index contributed by atoms with van der Waals surface area (Å²) in [6.45, 7) is 0. The number of hydrogen-bond donors (Lipinski definition) is 1. The Bertz CT molecular complexity index is 433. The number of aryl methyl sites for hydroxylation is 1. The van der Waals surface area contributed by atoms with Gasteiger partial charge < -0.3 is 10.1 Å². The van der Waals surface area contributed by atoms with E-state index in [0.717, 1.165) is 25.0 Å². The summed E-state index contributed by atoms with van der Waals surface area (Å²) in [7, 11) is 1.66. The summed E-state index contributed by atoms with van der Waals surface area (Å²) in [6, 6.07) is 8.19. The molecule has 3 nitrogen and oxygen atoms in total. The van der Waals surface area contributed by atoms with Gasteiger partial charge in [0.1, 0.15) is 5.75 Å². The fourth-order valence-corrected chi connectivity index (χ4v) is 3.30. The molecule has 0 saturated heterocycles. The van der Waals surface area contributed by atoms with Gasteiger partial charge in [0.05, 0.1) is 7.11 Å². The number of rotatable bonds is 5. The third-order valence-electron chi connectivity index (χ3n) is 3.83. The second-order valence-electron chi connectivity index (χ2n) is 5.32. The fraction of sp³-hybridized carbons (Fsp3) is 0.562. The number of carbonyl (C=O) groups is 1. The zero-order valence-electron chi connectivity index (χ0n) is 11.9. The molecule has 1 aliphatic rings. The Kier molecular flexibility index (Phi) is 5.89. The van der Waals surface area contributed by atoms with Crippen molar-refractivity contribution in [2.45, 2.75) is 49.4 Å². The van der Waals surface area contributed by atoms with Gasteiger partial charge in [0.15, 0.2) is 0 Å². The summed E-state index contributed by atoms with van der Waals surface area (Å²) in [5.74, 6) is 1.000. The molecule has 0 radical (unpaired) electrons. The van der Waals surface area contributed by atoms with Gasteiger partial charge in [-0.15, -0.1) is 0 Å². The molecule has 0 bridgehead atoms. The van der Waals surface area contributed by atoms with E-state index in [1.807, 2.05) is 24.3 Å². The average Bonchev–Trinajstić information content (AvgIpc) is 2.48. The highest BCUT2D eigenvalue weighted by atomic mass is 79.9. The minimum Gasteiger partial charge on any atom is -0.497 e. The lowest BCUT2D eigenvalue weighted by Crippen LogP contribution is -2.42. The first-order valence-corrected chi connectivity index (χ1v) is 8.17. The Morgan fingerprint density at radius 1 is 1.30 bits per heavy atom. The summed E-state index contributed by atoms with van der Waals surface area (Å²) in [6.07, 6.45) is 6.03. The predicted octanol–water partition coefficient (Wildman–Crippen LogP) is 3.45. The van der Waals surface area contributed by atoms with Gasteiger partial charge in [-0.25, -0.2) is 0 Å². The molecule has 0 aromatic heterocycles. The molecule has 2 unspecified atom stereocenters. The normalized spacial score (nSPS) is 22.3. The molecule has 0 spiro atoms. The molecule has 0 heterocycles. The summed E-state index contributed by atoms with van der Waals surface area (Å²) in [5.41, 5.74) is 1.17. The Morgan fingerprint density at radius 2 is 2.00 bits per heavy atom. The van der Waals surface area contributed by atoms with E-state index >= 15 is 0 Å². The smallest absolute Gasteiger partial charge is 0.220 e. The van der Waals surface area contributed by atoms with Crippen molar-refractivity contribution in [2.75, 3.05) is 7.11 Å². The number of hydrogen-bond acceptors (Lipinski definition) is 2. The van der Waals surface area contributed by atoms with Crippen LogP contribution in [0.1, 0.15) is 37.7 Å². The highest BCUT2D eigenvalue weighted by molar-refractivity contribution is 9.09. The van der Waals surface area contributed by atoms with Crippen molar-refractivity contribution in [3.63, 3.8) is 0 Å². The number of alkyl halides is 1. The van der Waals surface area contributed by atoms with Crippen LogP contribution in [0.2, 0.25) is 0 Å². The topological polar surface area (TPSA) is 38.3 Å². The minimum atomic E-state index is 0.150. The van der Waals surface area contributed by atoms with Crippen LogP contribution >= 0.6 is 15.9 Å². The highest BCUT2D eigenvalue weighted by Gasteiger charge is 2.23. The van der Waals surface area contributed by atoms with Gasteiger partial charge in [0, 0.05) is 17.3 Å². The molecule has 4 heteroatoms. The molecule has 1 fully saturated rings. The van der Waals surface area contributed by atoms with Crippen LogP contribution in [0.5, 0.6) is 5.75 Å². The van der Waals surface area contributed by atoms with Gasteiger partial charge in [0.25, 0.3) is 0 Å². The Balaban J connectivity index is 1.76. The molecule has 2 atom stereocenters. The molecule has 0 aliphatic heterocycles. The zero-order valence-corrected chi connectivity index (χ0v) is 13.5. The van der Waals surface area contributed by atoms with Crippen LogP contribution in [-0.4, -0.2) is 23.9 Å². The molecule has 1 amide bonds. The van der Waals surface area contributed by atoms with Gasteiger partial charge in [-0.1, -0.05) is 40.9 Å². The fourth-order valence-electron chi connectivity index (χ4n) is 2.58. The Hall–Kier alpha value is -1.03. The van der Waals surface area contributed by atoms with E-state index in [1.165, 1.54) is 18.4 Å². The van der Waals surface area contributed by atoms with E-state index in [4.69, 9.17) is 4.74 Å². The summed E-state index contributed by atoms with van der Waals surface area (Å²) in [4.78, 5) is 12.4. The third kappa shape index (κ3) is 4.51. The first-order valence-electron chi connectivity index (χ1n) is 7.25. The van der Waals surface area contributed by atoms with Crippen molar-refractivity contribution in [1.29, 1.82) is 0 Å². The molecule has 20 heavy (non-hydrogen) atoms. The third-order valence-corrected chi connectivity index (χ3v) is 4.92. The molecular weight excluding hydrogens is 318 g/mol. The number of methoxy groups -OCH3 is 1. The first kappa shape index (κ1) is 15.4. The van der Waals surface area contributed by atoms with E-state index in [9.17, 15) is 4.79 Å². The molecule has 1 aromatic carbocycles. The van der Waals surface area contributed by atoms with E-state index in [2.05, 4.69) is 21.2 Å². The number of nitrogens with one attached hydrogen (secondary N) is 1. The van der Waals surface area contributed by atoms with Gasteiger partial charge in [-0.2, -0.15) is 0 Å². The molecule has 110 valence electrons. The molecule has 1 aromatic rings. The quantitative estimate of drug-likeness (QED) is 0.834. The number of carbonyl (C=O) groups excluding carboxylic acids is 1. The van der Waals surface area contributed by atoms with Crippen LogP contribution < -0.4 is 10.1 Å². The number of benzene rings is 1. The van der Waals surface area contributed by atoms with Crippen molar-refractivity contribution in [2.24, 2.45) is 0 Å². The number of amides is 1. The SMILES string of the molecule is COc1ccc(CCC(=O)NC2CCCCC2Br)cc1. The van der Waals surface area contributed by atoms with Crippen molar-refractivity contribution in [1.82, 2.24) is 5.32 Å². The Morgan fingerprint density at radius 3 is 2.65 bits per heavy atom. The van der Waals surface area contributed by atoms with Crippen LogP contribution in [-0.2, 0) is 11.2 Å². The zero-order chi connectivity index (χ0) is 14.4. The van der Waals surface area contributed by atoms with Gasteiger partial charge >= 0.3 is 0 Å². The van der Waals surface area contributed by atoms with E-state index < -0.39 is 0 Å². The Labute approximate surface area is 129 Å². The lowest BCUT2D eigenvalue weighted by atomic mass is 9.95. The van der Waals surface area contributed by atoms with Crippen molar-refractivity contribution in [3.05, 3.63) is 29.8 Å². The lowest BCUT2D eigenvalue weighted by Gasteiger charge is -2.28.